The van der Waals surface area contributed by atoms with Gasteiger partial charge in [-0.2, -0.15) is 0 Å². The monoisotopic (exact) mass is 257 g/mol. The summed E-state index contributed by atoms with van der Waals surface area (Å²) < 4.78 is 22.5. The van der Waals surface area contributed by atoms with E-state index in [0.717, 1.165) is 0 Å². The Balaban J connectivity index is 1.97. The van der Waals surface area contributed by atoms with Crippen molar-refractivity contribution in [2.24, 2.45) is 5.84 Å². The number of hydrogen-bond acceptors (Lipinski definition) is 7. The Morgan fingerprint density at radius 1 is 1.24 bits per heavy atom. The topological polar surface area (TPSA) is 110 Å². The lowest BCUT2D eigenvalue weighted by atomic mass is 10.1. The van der Waals surface area contributed by atoms with Gasteiger partial charge in [-0.1, -0.05) is 0 Å². The minimum atomic E-state index is -2.83. The summed E-state index contributed by atoms with van der Waals surface area (Å²) in [5.74, 6) is 6.76. The smallest absolute Gasteiger partial charge is 0.160 e. The lowest BCUT2D eigenvalue weighted by Gasteiger charge is -2.23. The quantitative estimate of drug-likeness (QED) is 0.506. The predicted octanol–water partition coefficient (Wildman–Crippen LogP) is -0.249. The van der Waals surface area contributed by atoms with Crippen LogP contribution in [0.1, 0.15) is 12.8 Å². The van der Waals surface area contributed by atoms with Crippen LogP contribution in [0.5, 0.6) is 0 Å². The van der Waals surface area contributed by atoms with Crippen molar-refractivity contribution in [3.8, 4) is 0 Å². The highest BCUT2D eigenvalue weighted by atomic mass is 32.2. The molecule has 0 radical (unpaired) electrons. The molecule has 1 aliphatic heterocycles. The van der Waals surface area contributed by atoms with Crippen LogP contribution in [0, 0.1) is 0 Å². The molecule has 94 valence electrons. The molecule has 8 heteroatoms. The molecule has 1 aliphatic rings. The van der Waals surface area contributed by atoms with Crippen molar-refractivity contribution in [3.05, 3.63) is 12.4 Å². The fourth-order valence-electron chi connectivity index (χ4n) is 1.75. The summed E-state index contributed by atoms with van der Waals surface area (Å²) in [5.41, 5.74) is 2.41. The van der Waals surface area contributed by atoms with Gasteiger partial charge in [0.2, 0.25) is 0 Å². The van der Waals surface area contributed by atoms with E-state index in [9.17, 15) is 8.42 Å². The van der Waals surface area contributed by atoms with Gasteiger partial charge in [0.1, 0.15) is 15.7 Å². The number of rotatable bonds is 3. The van der Waals surface area contributed by atoms with E-state index in [-0.39, 0.29) is 17.5 Å². The van der Waals surface area contributed by atoms with E-state index >= 15 is 0 Å². The molecule has 0 amide bonds. The highest BCUT2D eigenvalue weighted by Crippen LogP contribution is 2.16. The Kier molecular flexibility index (Phi) is 3.43. The molecular formula is C9H15N5O2S. The predicted molar refractivity (Wildman–Crippen MR) is 65.1 cm³/mol. The first-order valence-corrected chi connectivity index (χ1v) is 7.17. The van der Waals surface area contributed by atoms with Crippen LogP contribution < -0.4 is 16.6 Å². The van der Waals surface area contributed by atoms with Gasteiger partial charge >= 0.3 is 0 Å². The lowest BCUT2D eigenvalue weighted by Crippen LogP contribution is -2.32. The average Bonchev–Trinajstić information content (AvgIpc) is 2.32. The Morgan fingerprint density at radius 2 is 1.88 bits per heavy atom. The van der Waals surface area contributed by atoms with E-state index in [2.05, 4.69) is 20.7 Å². The summed E-state index contributed by atoms with van der Waals surface area (Å²) in [6.07, 6.45) is 4.30. The minimum absolute atomic E-state index is 0.126. The summed E-state index contributed by atoms with van der Waals surface area (Å²) >= 11 is 0. The molecule has 1 saturated heterocycles. The van der Waals surface area contributed by atoms with Crippen molar-refractivity contribution in [3.63, 3.8) is 0 Å². The number of nitrogens with one attached hydrogen (secondary N) is 2. The van der Waals surface area contributed by atoms with Gasteiger partial charge in [-0.15, -0.1) is 0 Å². The number of aromatic nitrogens is 2. The normalized spacial score (nSPS) is 19.8. The number of nitrogens with two attached hydrogens (primary N) is 1. The van der Waals surface area contributed by atoms with Crippen LogP contribution in [0.25, 0.3) is 0 Å². The largest absolute Gasteiger partial charge is 0.366 e. The summed E-state index contributed by atoms with van der Waals surface area (Å²) in [5, 5.41) is 3.16. The molecule has 17 heavy (non-hydrogen) atoms. The van der Waals surface area contributed by atoms with Gasteiger partial charge in [0.15, 0.2) is 5.82 Å². The van der Waals surface area contributed by atoms with E-state index in [1.54, 1.807) is 6.20 Å². The van der Waals surface area contributed by atoms with Crippen molar-refractivity contribution in [2.45, 2.75) is 18.9 Å². The number of anilines is 2. The zero-order valence-electron chi connectivity index (χ0n) is 9.26. The Bertz CT molecular complexity index is 476. The summed E-state index contributed by atoms with van der Waals surface area (Å²) in [6.45, 7) is 0. The van der Waals surface area contributed by atoms with Gasteiger partial charge in [0.25, 0.3) is 0 Å². The molecule has 2 rings (SSSR count). The van der Waals surface area contributed by atoms with E-state index in [0.29, 0.717) is 24.5 Å². The Labute approximate surface area is 99.7 Å². The molecular weight excluding hydrogens is 242 g/mol. The van der Waals surface area contributed by atoms with E-state index in [4.69, 9.17) is 5.84 Å². The molecule has 0 saturated carbocycles. The van der Waals surface area contributed by atoms with Gasteiger partial charge in [0.05, 0.1) is 23.9 Å². The third-order valence-electron chi connectivity index (χ3n) is 2.69. The Hall–Kier alpha value is -1.41. The molecule has 0 spiro atoms. The zero-order valence-corrected chi connectivity index (χ0v) is 10.1. The molecule has 1 fully saturated rings. The van der Waals surface area contributed by atoms with Gasteiger partial charge in [-0.25, -0.2) is 19.2 Å². The molecule has 7 nitrogen and oxygen atoms in total. The highest BCUT2D eigenvalue weighted by molar-refractivity contribution is 7.91. The van der Waals surface area contributed by atoms with Crippen LogP contribution in [0.15, 0.2) is 12.4 Å². The molecule has 0 aliphatic carbocycles. The lowest BCUT2D eigenvalue weighted by molar-refractivity contribution is 0.559. The minimum Gasteiger partial charge on any atom is -0.366 e. The fraction of sp³-hybridized carbons (Fsp3) is 0.556. The van der Waals surface area contributed by atoms with Gasteiger partial charge in [-0.3, -0.25) is 4.98 Å². The van der Waals surface area contributed by atoms with Crippen LogP contribution in [0.4, 0.5) is 11.6 Å². The number of hydrogen-bond donors (Lipinski definition) is 3. The van der Waals surface area contributed by atoms with Crippen molar-refractivity contribution in [2.75, 3.05) is 22.2 Å². The summed E-state index contributed by atoms with van der Waals surface area (Å²) in [4.78, 5) is 8.13. The Morgan fingerprint density at radius 3 is 2.53 bits per heavy atom. The number of nitrogens with zero attached hydrogens (tertiary/aromatic N) is 2. The van der Waals surface area contributed by atoms with E-state index < -0.39 is 9.84 Å². The van der Waals surface area contributed by atoms with E-state index in [1.807, 2.05) is 0 Å². The highest BCUT2D eigenvalue weighted by Gasteiger charge is 2.23. The second-order valence-corrected chi connectivity index (χ2v) is 6.31. The van der Waals surface area contributed by atoms with Gasteiger partial charge < -0.3 is 10.7 Å². The maximum absolute atomic E-state index is 11.3. The second-order valence-electron chi connectivity index (χ2n) is 4.00. The van der Waals surface area contributed by atoms with Crippen molar-refractivity contribution >= 4 is 21.5 Å². The first-order valence-electron chi connectivity index (χ1n) is 5.35. The fourth-order valence-corrected chi connectivity index (χ4v) is 3.24. The SMILES string of the molecule is NNc1cncc(NC2CCS(=O)(=O)CC2)n1. The van der Waals surface area contributed by atoms with Crippen LogP contribution in [0.3, 0.4) is 0 Å². The van der Waals surface area contributed by atoms with Crippen LogP contribution in [-0.2, 0) is 9.84 Å². The van der Waals surface area contributed by atoms with Crippen molar-refractivity contribution in [1.82, 2.24) is 9.97 Å². The molecule has 4 N–H and O–H groups in total. The van der Waals surface area contributed by atoms with E-state index in [1.165, 1.54) is 6.20 Å². The second kappa shape index (κ2) is 4.84. The first kappa shape index (κ1) is 12.1. The summed E-state index contributed by atoms with van der Waals surface area (Å²) in [7, 11) is -2.83. The number of nitrogen functional groups attached to an aromatic ring is 1. The van der Waals surface area contributed by atoms with Crippen molar-refractivity contribution < 1.29 is 8.42 Å². The molecule has 0 aromatic carbocycles. The van der Waals surface area contributed by atoms with Crippen LogP contribution in [-0.4, -0.2) is 35.9 Å². The maximum Gasteiger partial charge on any atom is 0.160 e. The first-order chi connectivity index (χ1) is 8.09. The van der Waals surface area contributed by atoms with Crippen LogP contribution in [0.2, 0.25) is 0 Å². The molecule has 2 heterocycles. The average molecular weight is 257 g/mol. The van der Waals surface area contributed by atoms with Crippen molar-refractivity contribution in [1.29, 1.82) is 0 Å². The third kappa shape index (κ3) is 3.27. The number of sulfone groups is 1. The summed E-state index contributed by atoms with van der Waals surface area (Å²) in [6, 6.07) is 0.126. The third-order valence-corrected chi connectivity index (χ3v) is 4.40. The van der Waals surface area contributed by atoms with Gasteiger partial charge in [-0.05, 0) is 12.8 Å². The molecule has 0 atom stereocenters. The zero-order chi connectivity index (χ0) is 12.3. The maximum atomic E-state index is 11.3. The molecule has 0 unspecified atom stereocenters. The number of hydrazine groups is 1. The standard InChI is InChI=1S/C9H15N5O2S/c10-14-9-6-11-5-8(13-9)12-7-1-3-17(15,16)4-2-7/h5-7H,1-4,10H2,(H2,12,13,14). The molecule has 1 aromatic heterocycles. The van der Waals surface area contributed by atoms with Gasteiger partial charge in [0, 0.05) is 6.04 Å². The molecule has 0 bridgehead atoms. The molecule has 1 aromatic rings. The van der Waals surface area contributed by atoms with Crippen LogP contribution >= 0.6 is 0 Å².